The van der Waals surface area contributed by atoms with Gasteiger partial charge in [-0.05, 0) is 43.0 Å². The summed E-state index contributed by atoms with van der Waals surface area (Å²) in [5.41, 5.74) is 5.51. The van der Waals surface area contributed by atoms with Gasteiger partial charge in [0.1, 0.15) is 0 Å². The van der Waals surface area contributed by atoms with Gasteiger partial charge in [-0.2, -0.15) is 0 Å². The average Bonchev–Trinajstić information content (AvgIpc) is 3.21. The lowest BCUT2D eigenvalue weighted by atomic mass is 9.80. The van der Waals surface area contributed by atoms with Crippen LogP contribution in [0.4, 0.5) is 0 Å². The number of nitrogens with two attached hydrogens (primary N) is 1. The molecular formula is C17H28N2OS. The van der Waals surface area contributed by atoms with E-state index in [2.05, 4.69) is 36.7 Å². The van der Waals surface area contributed by atoms with Gasteiger partial charge in [-0.25, -0.2) is 0 Å². The van der Waals surface area contributed by atoms with Gasteiger partial charge in [-0.1, -0.05) is 32.8 Å². The van der Waals surface area contributed by atoms with Crippen molar-refractivity contribution >= 4 is 17.2 Å². The standard InChI is InChI=1S/C17H28N2OS/c1-3-17(4-2,12-18)16(20)19-15(13-8-5-6-9-13)14-10-7-11-21-14/h7,10-11,13,15H,3-6,8-9,12,18H2,1-2H3,(H,19,20). The second-order valence-electron chi connectivity index (χ2n) is 6.20. The molecule has 1 fully saturated rings. The fourth-order valence-corrected chi connectivity index (χ4v) is 4.30. The number of hydrogen-bond donors (Lipinski definition) is 2. The van der Waals surface area contributed by atoms with E-state index in [9.17, 15) is 4.79 Å². The van der Waals surface area contributed by atoms with Crippen molar-refractivity contribution in [2.24, 2.45) is 17.1 Å². The maximum Gasteiger partial charge on any atom is 0.227 e. The summed E-state index contributed by atoms with van der Waals surface area (Å²) in [5.74, 6) is 0.720. The molecule has 0 saturated heterocycles. The highest BCUT2D eigenvalue weighted by atomic mass is 32.1. The Kier molecular flexibility index (Phi) is 5.82. The van der Waals surface area contributed by atoms with Crippen molar-refractivity contribution < 1.29 is 4.79 Å². The van der Waals surface area contributed by atoms with E-state index in [1.165, 1.54) is 30.6 Å². The Bertz CT molecular complexity index is 425. The van der Waals surface area contributed by atoms with Crippen LogP contribution < -0.4 is 11.1 Å². The normalized spacial score (nSPS) is 17.9. The molecule has 0 bridgehead atoms. The highest BCUT2D eigenvalue weighted by molar-refractivity contribution is 7.10. The second kappa shape index (κ2) is 7.41. The lowest BCUT2D eigenvalue weighted by Gasteiger charge is -2.33. The van der Waals surface area contributed by atoms with Crippen LogP contribution >= 0.6 is 11.3 Å². The van der Waals surface area contributed by atoms with E-state index in [1.807, 2.05) is 0 Å². The molecule has 1 heterocycles. The molecule has 0 spiro atoms. The van der Waals surface area contributed by atoms with Crippen LogP contribution in [0.3, 0.4) is 0 Å². The van der Waals surface area contributed by atoms with Gasteiger partial charge in [0.15, 0.2) is 0 Å². The number of carbonyl (C=O) groups is 1. The van der Waals surface area contributed by atoms with Crippen LogP contribution in [0.25, 0.3) is 0 Å². The van der Waals surface area contributed by atoms with E-state index < -0.39 is 5.41 Å². The maximum atomic E-state index is 12.8. The molecule has 3 nitrogen and oxygen atoms in total. The lowest BCUT2D eigenvalue weighted by Crippen LogP contribution is -2.47. The highest BCUT2D eigenvalue weighted by Gasteiger charge is 2.37. The smallest absolute Gasteiger partial charge is 0.227 e. The van der Waals surface area contributed by atoms with Crippen LogP contribution in [0.2, 0.25) is 0 Å². The monoisotopic (exact) mass is 308 g/mol. The fourth-order valence-electron chi connectivity index (χ4n) is 3.43. The zero-order valence-electron chi connectivity index (χ0n) is 13.2. The van der Waals surface area contributed by atoms with E-state index in [4.69, 9.17) is 5.73 Å². The molecule has 2 rings (SSSR count). The number of carbonyl (C=O) groups excluding carboxylic acids is 1. The van der Waals surface area contributed by atoms with Gasteiger partial charge in [-0.3, -0.25) is 4.79 Å². The van der Waals surface area contributed by atoms with E-state index in [1.54, 1.807) is 11.3 Å². The Labute approximate surface area is 132 Å². The molecule has 21 heavy (non-hydrogen) atoms. The summed E-state index contributed by atoms with van der Waals surface area (Å²) < 4.78 is 0. The van der Waals surface area contributed by atoms with Crippen molar-refractivity contribution in [3.05, 3.63) is 22.4 Å². The van der Waals surface area contributed by atoms with Crippen LogP contribution in [-0.2, 0) is 4.79 Å². The van der Waals surface area contributed by atoms with Gasteiger partial charge in [0.05, 0.1) is 11.5 Å². The number of amides is 1. The molecule has 1 unspecified atom stereocenters. The van der Waals surface area contributed by atoms with E-state index in [0.29, 0.717) is 12.5 Å². The van der Waals surface area contributed by atoms with Crippen LogP contribution in [0.1, 0.15) is 63.3 Å². The Morgan fingerprint density at radius 1 is 1.43 bits per heavy atom. The molecule has 118 valence electrons. The molecule has 1 aromatic heterocycles. The predicted molar refractivity (Wildman–Crippen MR) is 89.2 cm³/mol. The number of hydrogen-bond acceptors (Lipinski definition) is 3. The lowest BCUT2D eigenvalue weighted by molar-refractivity contribution is -0.132. The minimum absolute atomic E-state index is 0.139. The zero-order valence-corrected chi connectivity index (χ0v) is 14.0. The molecule has 1 aromatic rings. The summed E-state index contributed by atoms with van der Waals surface area (Å²) in [7, 11) is 0. The summed E-state index contributed by atoms with van der Waals surface area (Å²) in [6.45, 7) is 4.55. The second-order valence-corrected chi connectivity index (χ2v) is 7.18. The summed E-state index contributed by atoms with van der Waals surface area (Å²) in [6.07, 6.45) is 6.60. The van der Waals surface area contributed by atoms with Crippen LogP contribution in [-0.4, -0.2) is 12.5 Å². The zero-order chi connectivity index (χ0) is 15.3. The highest BCUT2D eigenvalue weighted by Crippen LogP contribution is 2.38. The number of rotatable bonds is 7. The largest absolute Gasteiger partial charge is 0.348 e. The average molecular weight is 308 g/mol. The molecule has 0 aliphatic heterocycles. The topological polar surface area (TPSA) is 55.1 Å². The quantitative estimate of drug-likeness (QED) is 0.803. The van der Waals surface area contributed by atoms with Gasteiger partial charge in [-0.15, -0.1) is 11.3 Å². The summed E-state index contributed by atoms with van der Waals surface area (Å²) in [5, 5.41) is 5.44. The molecule has 4 heteroatoms. The minimum Gasteiger partial charge on any atom is -0.348 e. The van der Waals surface area contributed by atoms with Crippen molar-refractivity contribution in [2.75, 3.05) is 6.54 Å². The molecular weight excluding hydrogens is 280 g/mol. The Morgan fingerprint density at radius 3 is 2.57 bits per heavy atom. The summed E-state index contributed by atoms with van der Waals surface area (Å²) in [6, 6.07) is 4.39. The van der Waals surface area contributed by atoms with E-state index in [-0.39, 0.29) is 11.9 Å². The molecule has 1 atom stereocenters. The third-order valence-corrected chi connectivity index (χ3v) is 6.19. The number of nitrogens with one attached hydrogen (secondary N) is 1. The van der Waals surface area contributed by atoms with Crippen molar-refractivity contribution in [1.82, 2.24) is 5.32 Å². The van der Waals surface area contributed by atoms with Crippen molar-refractivity contribution in [3.63, 3.8) is 0 Å². The molecule has 0 radical (unpaired) electrons. The Hall–Kier alpha value is -0.870. The first-order valence-electron chi connectivity index (χ1n) is 8.21. The summed E-state index contributed by atoms with van der Waals surface area (Å²) >= 11 is 1.75. The SMILES string of the molecule is CCC(CC)(CN)C(=O)NC(c1cccs1)C1CCCC1. The maximum absolute atomic E-state index is 12.8. The van der Waals surface area contributed by atoms with Gasteiger partial charge in [0.2, 0.25) is 5.91 Å². The molecule has 1 saturated carbocycles. The minimum atomic E-state index is -0.409. The third kappa shape index (κ3) is 3.49. The fraction of sp³-hybridized carbons (Fsp3) is 0.706. The predicted octanol–water partition coefficient (Wildman–Crippen LogP) is 3.86. The first-order chi connectivity index (χ1) is 10.2. The van der Waals surface area contributed by atoms with Gasteiger partial charge < -0.3 is 11.1 Å². The van der Waals surface area contributed by atoms with Crippen LogP contribution in [0.5, 0.6) is 0 Å². The first kappa shape index (κ1) is 16.5. The molecule has 0 aromatic carbocycles. The van der Waals surface area contributed by atoms with E-state index >= 15 is 0 Å². The van der Waals surface area contributed by atoms with Crippen LogP contribution in [0, 0.1) is 11.3 Å². The van der Waals surface area contributed by atoms with Gasteiger partial charge in [0, 0.05) is 11.4 Å². The Balaban J connectivity index is 2.16. The van der Waals surface area contributed by atoms with Gasteiger partial charge >= 0.3 is 0 Å². The van der Waals surface area contributed by atoms with E-state index in [0.717, 1.165) is 12.8 Å². The number of thiophene rings is 1. The molecule has 3 N–H and O–H groups in total. The first-order valence-corrected chi connectivity index (χ1v) is 9.09. The molecule has 1 aliphatic carbocycles. The molecule has 1 amide bonds. The van der Waals surface area contributed by atoms with Crippen molar-refractivity contribution in [3.8, 4) is 0 Å². The van der Waals surface area contributed by atoms with Crippen molar-refractivity contribution in [2.45, 2.75) is 58.4 Å². The summed E-state index contributed by atoms with van der Waals surface area (Å²) in [4.78, 5) is 14.1. The van der Waals surface area contributed by atoms with Crippen LogP contribution in [0.15, 0.2) is 17.5 Å². The van der Waals surface area contributed by atoms with Crippen molar-refractivity contribution in [1.29, 1.82) is 0 Å². The van der Waals surface area contributed by atoms with Gasteiger partial charge in [0.25, 0.3) is 0 Å². The third-order valence-electron chi connectivity index (χ3n) is 5.23. The Morgan fingerprint density at radius 2 is 2.10 bits per heavy atom. The molecule has 1 aliphatic rings.